The summed E-state index contributed by atoms with van der Waals surface area (Å²) < 4.78 is 11.2. The molecule has 4 heteroatoms. The topological polar surface area (TPSA) is 61.5 Å². The van der Waals surface area contributed by atoms with Gasteiger partial charge in [-0.15, -0.1) is 0 Å². The smallest absolute Gasteiger partial charge is 0.159 e. The zero-order valence-electron chi connectivity index (χ0n) is 12.0. The summed E-state index contributed by atoms with van der Waals surface area (Å²) in [5.41, 5.74) is 6.98. The molecule has 2 aromatic carbocycles. The molecule has 0 radical (unpaired) electrons. The lowest BCUT2D eigenvalue weighted by molar-refractivity contribution is 0.101. The molecule has 4 nitrogen and oxygen atoms in total. The highest BCUT2D eigenvalue weighted by molar-refractivity contribution is 5.94. The van der Waals surface area contributed by atoms with E-state index in [4.69, 9.17) is 15.2 Å². The van der Waals surface area contributed by atoms with Crippen LogP contribution in [0.4, 0.5) is 5.69 Å². The number of hydrogen-bond acceptors (Lipinski definition) is 4. The van der Waals surface area contributed by atoms with Gasteiger partial charge in [-0.1, -0.05) is 12.1 Å². The van der Waals surface area contributed by atoms with Gasteiger partial charge in [0.15, 0.2) is 5.78 Å². The molecule has 0 aromatic heterocycles. The van der Waals surface area contributed by atoms with Crippen molar-refractivity contribution in [2.75, 3.05) is 18.9 Å². The monoisotopic (exact) mass is 285 g/mol. The number of nitrogen functional groups attached to an aromatic ring is 1. The number of carbonyl (C=O) groups excluding carboxylic acids is 1. The van der Waals surface area contributed by atoms with E-state index in [1.165, 1.54) is 0 Å². The molecular weight excluding hydrogens is 266 g/mol. The third kappa shape index (κ3) is 4.84. The summed E-state index contributed by atoms with van der Waals surface area (Å²) >= 11 is 0. The third-order valence-electron chi connectivity index (χ3n) is 2.95. The Morgan fingerprint density at radius 3 is 2.33 bits per heavy atom. The van der Waals surface area contributed by atoms with Crippen LogP contribution >= 0.6 is 0 Å². The maximum Gasteiger partial charge on any atom is 0.159 e. The van der Waals surface area contributed by atoms with Crippen LogP contribution in [0.3, 0.4) is 0 Å². The zero-order chi connectivity index (χ0) is 15.1. The highest BCUT2D eigenvalue weighted by atomic mass is 16.5. The number of rotatable bonds is 7. The van der Waals surface area contributed by atoms with Crippen LogP contribution in [-0.2, 0) is 0 Å². The van der Waals surface area contributed by atoms with E-state index in [9.17, 15) is 4.79 Å². The molecule has 110 valence electrons. The summed E-state index contributed by atoms with van der Waals surface area (Å²) in [5.74, 6) is 1.53. The molecule has 21 heavy (non-hydrogen) atoms. The lowest BCUT2D eigenvalue weighted by Gasteiger charge is -2.08. The number of benzene rings is 2. The van der Waals surface area contributed by atoms with Gasteiger partial charge in [-0.3, -0.25) is 4.79 Å². The van der Waals surface area contributed by atoms with E-state index in [0.717, 1.165) is 17.9 Å². The Balaban J connectivity index is 1.71. The van der Waals surface area contributed by atoms with Crippen molar-refractivity contribution >= 4 is 11.5 Å². The Bertz CT molecular complexity index is 593. The molecular formula is C17H19NO3. The normalized spacial score (nSPS) is 10.1. The average molecular weight is 285 g/mol. The van der Waals surface area contributed by atoms with E-state index < -0.39 is 0 Å². The van der Waals surface area contributed by atoms with E-state index in [0.29, 0.717) is 24.5 Å². The van der Waals surface area contributed by atoms with E-state index in [2.05, 4.69) is 0 Å². The van der Waals surface area contributed by atoms with E-state index >= 15 is 0 Å². The average Bonchev–Trinajstić information content (AvgIpc) is 2.49. The highest BCUT2D eigenvalue weighted by Crippen LogP contribution is 2.15. The van der Waals surface area contributed by atoms with Crippen molar-refractivity contribution in [1.82, 2.24) is 0 Å². The van der Waals surface area contributed by atoms with Crippen molar-refractivity contribution in [2.45, 2.75) is 13.3 Å². The second kappa shape index (κ2) is 7.33. The molecule has 0 heterocycles. The van der Waals surface area contributed by atoms with Gasteiger partial charge < -0.3 is 15.2 Å². The largest absolute Gasteiger partial charge is 0.493 e. The minimum Gasteiger partial charge on any atom is -0.493 e. The van der Waals surface area contributed by atoms with Gasteiger partial charge in [-0.05, 0) is 43.3 Å². The lowest BCUT2D eigenvalue weighted by atomic mass is 10.1. The Kier molecular flexibility index (Phi) is 5.21. The first-order valence-electron chi connectivity index (χ1n) is 6.87. The Hall–Kier alpha value is -2.49. The van der Waals surface area contributed by atoms with Gasteiger partial charge in [0.2, 0.25) is 0 Å². The number of ketones is 1. The molecule has 0 fully saturated rings. The minimum atomic E-state index is 0.0344. The number of hydrogen-bond donors (Lipinski definition) is 1. The number of ether oxygens (including phenoxy) is 2. The molecule has 0 saturated heterocycles. The number of nitrogens with two attached hydrogens (primary N) is 1. The lowest BCUT2D eigenvalue weighted by Crippen LogP contribution is -2.05. The predicted molar refractivity (Wildman–Crippen MR) is 82.9 cm³/mol. The second-order valence-corrected chi connectivity index (χ2v) is 4.70. The number of anilines is 1. The zero-order valence-corrected chi connectivity index (χ0v) is 12.0. The molecule has 0 saturated carbocycles. The Labute approximate surface area is 124 Å². The van der Waals surface area contributed by atoms with Gasteiger partial charge in [0, 0.05) is 17.7 Å². The summed E-state index contributed by atoms with van der Waals surface area (Å²) in [4.78, 5) is 11.3. The van der Waals surface area contributed by atoms with Gasteiger partial charge >= 0.3 is 0 Å². The van der Waals surface area contributed by atoms with Crippen LogP contribution in [0.25, 0.3) is 0 Å². The van der Waals surface area contributed by atoms with Crippen LogP contribution in [0.2, 0.25) is 0 Å². The summed E-state index contributed by atoms with van der Waals surface area (Å²) in [6.07, 6.45) is 0.759. The highest BCUT2D eigenvalue weighted by Gasteiger charge is 2.01. The Morgan fingerprint density at radius 2 is 1.67 bits per heavy atom. The summed E-state index contributed by atoms with van der Waals surface area (Å²) in [5, 5.41) is 0. The molecule has 2 aromatic rings. The standard InChI is InChI=1S/C17H19NO3/c1-13(19)14-4-2-5-17(12-14)21-11-3-10-20-16-8-6-15(18)7-9-16/h2,4-9,12H,3,10-11,18H2,1H3. The first-order valence-corrected chi connectivity index (χ1v) is 6.87. The minimum absolute atomic E-state index is 0.0344. The molecule has 2 rings (SSSR count). The van der Waals surface area contributed by atoms with Crippen LogP contribution in [0.5, 0.6) is 11.5 Å². The van der Waals surface area contributed by atoms with Crippen LogP contribution < -0.4 is 15.2 Å². The molecule has 0 aliphatic rings. The van der Waals surface area contributed by atoms with Gasteiger partial charge in [0.25, 0.3) is 0 Å². The maximum atomic E-state index is 11.3. The van der Waals surface area contributed by atoms with Crippen LogP contribution in [0.1, 0.15) is 23.7 Å². The van der Waals surface area contributed by atoms with Crippen LogP contribution in [0, 0.1) is 0 Å². The Morgan fingerprint density at radius 1 is 1.00 bits per heavy atom. The third-order valence-corrected chi connectivity index (χ3v) is 2.95. The fourth-order valence-corrected chi connectivity index (χ4v) is 1.81. The van der Waals surface area contributed by atoms with E-state index in [1.54, 1.807) is 31.2 Å². The summed E-state index contributed by atoms with van der Waals surface area (Å²) in [6, 6.07) is 14.5. The molecule has 2 N–H and O–H groups in total. The number of carbonyl (C=O) groups is 1. The fraction of sp³-hybridized carbons (Fsp3) is 0.235. The SMILES string of the molecule is CC(=O)c1cccc(OCCCOc2ccc(N)cc2)c1. The van der Waals surface area contributed by atoms with E-state index in [-0.39, 0.29) is 5.78 Å². The molecule has 0 aliphatic carbocycles. The van der Waals surface area contributed by atoms with E-state index in [1.807, 2.05) is 24.3 Å². The van der Waals surface area contributed by atoms with Crippen molar-refractivity contribution in [2.24, 2.45) is 0 Å². The maximum absolute atomic E-state index is 11.3. The van der Waals surface area contributed by atoms with Crippen molar-refractivity contribution in [1.29, 1.82) is 0 Å². The van der Waals surface area contributed by atoms with Gasteiger partial charge in [-0.25, -0.2) is 0 Å². The van der Waals surface area contributed by atoms with Crippen molar-refractivity contribution in [3.05, 3.63) is 54.1 Å². The van der Waals surface area contributed by atoms with Crippen LogP contribution in [0.15, 0.2) is 48.5 Å². The first kappa shape index (κ1) is 14.9. The number of Topliss-reactive ketones (excluding diaryl/α,β-unsaturated/α-hetero) is 1. The van der Waals surface area contributed by atoms with Crippen molar-refractivity contribution in [3.63, 3.8) is 0 Å². The van der Waals surface area contributed by atoms with Crippen molar-refractivity contribution in [3.8, 4) is 11.5 Å². The van der Waals surface area contributed by atoms with Gasteiger partial charge in [0.05, 0.1) is 13.2 Å². The first-order chi connectivity index (χ1) is 10.1. The second-order valence-electron chi connectivity index (χ2n) is 4.70. The van der Waals surface area contributed by atoms with Gasteiger partial charge in [0.1, 0.15) is 11.5 Å². The molecule has 0 bridgehead atoms. The summed E-state index contributed by atoms with van der Waals surface area (Å²) in [6.45, 7) is 2.65. The molecule has 0 aliphatic heterocycles. The van der Waals surface area contributed by atoms with Gasteiger partial charge in [-0.2, -0.15) is 0 Å². The molecule has 0 spiro atoms. The molecule has 0 amide bonds. The molecule has 0 unspecified atom stereocenters. The summed E-state index contributed by atoms with van der Waals surface area (Å²) in [7, 11) is 0. The van der Waals surface area contributed by atoms with Crippen molar-refractivity contribution < 1.29 is 14.3 Å². The van der Waals surface area contributed by atoms with Crippen LogP contribution in [-0.4, -0.2) is 19.0 Å². The predicted octanol–water partition coefficient (Wildman–Crippen LogP) is 3.32. The quantitative estimate of drug-likeness (QED) is 0.481. The molecule has 0 atom stereocenters. The fourth-order valence-electron chi connectivity index (χ4n) is 1.81.